The Morgan fingerprint density at radius 1 is 1.33 bits per heavy atom. The summed E-state index contributed by atoms with van der Waals surface area (Å²) < 4.78 is 2.73. The minimum Gasteiger partial charge on any atom is -0.386 e. The summed E-state index contributed by atoms with van der Waals surface area (Å²) in [6.07, 6.45) is 2.34. The molecule has 0 aliphatic carbocycles. The number of aromatic nitrogens is 4. The van der Waals surface area contributed by atoms with Gasteiger partial charge in [-0.05, 0) is 17.7 Å². The van der Waals surface area contributed by atoms with Crippen LogP contribution in [0.5, 0.6) is 0 Å². The average Bonchev–Trinajstić information content (AvgIpc) is 2.86. The molecule has 0 aliphatic heterocycles. The van der Waals surface area contributed by atoms with E-state index in [-0.39, 0.29) is 12.1 Å². The van der Waals surface area contributed by atoms with Gasteiger partial charge in [-0.3, -0.25) is 9.48 Å². The van der Waals surface area contributed by atoms with E-state index in [9.17, 15) is 9.90 Å². The van der Waals surface area contributed by atoms with Gasteiger partial charge in [0.15, 0.2) is 0 Å². The van der Waals surface area contributed by atoms with Crippen molar-refractivity contribution in [2.45, 2.75) is 12.6 Å². The lowest BCUT2D eigenvalue weighted by Gasteiger charge is -2.12. The minimum atomic E-state index is -0.801. The van der Waals surface area contributed by atoms with Crippen LogP contribution in [0.15, 0.2) is 41.5 Å². The highest BCUT2D eigenvalue weighted by Gasteiger charge is 2.14. The highest BCUT2D eigenvalue weighted by molar-refractivity contribution is 6.30. The van der Waals surface area contributed by atoms with Crippen LogP contribution in [0.1, 0.15) is 11.7 Å². The van der Waals surface area contributed by atoms with Gasteiger partial charge >= 0.3 is 0 Å². The Morgan fingerprint density at radius 3 is 2.86 bits per heavy atom. The maximum Gasteiger partial charge on any atom is 0.292 e. The van der Waals surface area contributed by atoms with Gasteiger partial charge in [-0.25, -0.2) is 4.68 Å². The smallest absolute Gasteiger partial charge is 0.292 e. The molecular formula is C14H13ClN4O2. The maximum absolute atomic E-state index is 12.1. The lowest BCUT2D eigenvalue weighted by atomic mass is 10.1. The van der Waals surface area contributed by atoms with Gasteiger partial charge < -0.3 is 5.11 Å². The predicted molar refractivity (Wildman–Crippen MR) is 79.2 cm³/mol. The molecule has 0 unspecified atom stereocenters. The van der Waals surface area contributed by atoms with Gasteiger partial charge in [0.1, 0.15) is 5.52 Å². The fourth-order valence-electron chi connectivity index (χ4n) is 2.20. The van der Waals surface area contributed by atoms with Gasteiger partial charge in [-0.1, -0.05) is 23.7 Å². The lowest BCUT2D eigenvalue weighted by Crippen LogP contribution is -2.22. The van der Waals surface area contributed by atoms with Crippen molar-refractivity contribution in [3.05, 3.63) is 57.6 Å². The maximum atomic E-state index is 12.1. The second kappa shape index (κ2) is 5.31. The van der Waals surface area contributed by atoms with Crippen molar-refractivity contribution in [1.29, 1.82) is 0 Å². The van der Waals surface area contributed by atoms with Crippen LogP contribution in [-0.2, 0) is 13.6 Å². The molecule has 0 bridgehead atoms. The van der Waals surface area contributed by atoms with Crippen LogP contribution in [0.25, 0.3) is 10.9 Å². The summed E-state index contributed by atoms with van der Waals surface area (Å²) in [4.78, 5) is 12.1. The molecule has 2 heterocycles. The van der Waals surface area contributed by atoms with E-state index in [1.807, 2.05) is 0 Å². The summed E-state index contributed by atoms with van der Waals surface area (Å²) in [7, 11) is 1.58. The Kier molecular flexibility index (Phi) is 3.48. The van der Waals surface area contributed by atoms with Gasteiger partial charge in [0, 0.05) is 17.5 Å². The van der Waals surface area contributed by atoms with Crippen molar-refractivity contribution in [2.75, 3.05) is 0 Å². The van der Waals surface area contributed by atoms with E-state index in [2.05, 4.69) is 10.2 Å². The number of rotatable bonds is 3. The zero-order valence-corrected chi connectivity index (χ0v) is 12.0. The van der Waals surface area contributed by atoms with E-state index in [0.717, 1.165) is 0 Å². The largest absolute Gasteiger partial charge is 0.386 e. The first kappa shape index (κ1) is 13.8. The molecular weight excluding hydrogens is 292 g/mol. The van der Waals surface area contributed by atoms with Crippen LogP contribution in [0, 0.1) is 0 Å². The molecule has 0 saturated heterocycles. The Morgan fingerprint density at radius 2 is 2.10 bits per heavy atom. The van der Waals surface area contributed by atoms with Crippen LogP contribution in [0.2, 0.25) is 5.02 Å². The Bertz CT molecular complexity index is 856. The van der Waals surface area contributed by atoms with Crippen LogP contribution in [0.4, 0.5) is 0 Å². The quantitative estimate of drug-likeness (QED) is 0.796. The number of hydrogen-bond acceptors (Lipinski definition) is 4. The molecule has 1 aromatic carbocycles. The van der Waals surface area contributed by atoms with Gasteiger partial charge in [-0.2, -0.15) is 10.2 Å². The molecule has 0 aliphatic rings. The highest BCUT2D eigenvalue weighted by Crippen LogP contribution is 2.20. The van der Waals surface area contributed by atoms with Crippen molar-refractivity contribution in [2.24, 2.45) is 7.05 Å². The van der Waals surface area contributed by atoms with Crippen LogP contribution >= 0.6 is 11.6 Å². The fourth-order valence-corrected chi connectivity index (χ4v) is 2.40. The lowest BCUT2D eigenvalue weighted by molar-refractivity contribution is 0.153. The van der Waals surface area contributed by atoms with Crippen LogP contribution in [0.3, 0.4) is 0 Å². The van der Waals surface area contributed by atoms with Gasteiger partial charge in [0.05, 0.1) is 25.0 Å². The van der Waals surface area contributed by atoms with E-state index in [4.69, 9.17) is 11.6 Å². The van der Waals surface area contributed by atoms with Crippen molar-refractivity contribution in [3.63, 3.8) is 0 Å². The molecule has 21 heavy (non-hydrogen) atoms. The van der Waals surface area contributed by atoms with Gasteiger partial charge in [-0.15, -0.1) is 0 Å². The molecule has 0 amide bonds. The van der Waals surface area contributed by atoms with E-state index >= 15 is 0 Å². The molecule has 108 valence electrons. The van der Waals surface area contributed by atoms with E-state index in [1.165, 1.54) is 9.36 Å². The number of aliphatic hydroxyl groups excluding tert-OH is 1. The SMILES string of the molecule is Cn1ncc2cnn(C[C@@H](O)c3cccc(Cl)c3)c2c1=O. The zero-order chi connectivity index (χ0) is 15.0. The number of aryl methyl sites for hydroxylation is 1. The summed E-state index contributed by atoms with van der Waals surface area (Å²) in [5.41, 5.74) is 0.855. The number of benzene rings is 1. The first-order chi connectivity index (χ1) is 10.1. The second-order valence-electron chi connectivity index (χ2n) is 4.77. The molecule has 0 radical (unpaired) electrons. The molecule has 0 fully saturated rings. The summed E-state index contributed by atoms with van der Waals surface area (Å²) in [5, 5.41) is 19.6. The highest BCUT2D eigenvalue weighted by atomic mass is 35.5. The number of halogens is 1. The van der Waals surface area contributed by atoms with Crippen LogP contribution < -0.4 is 5.56 Å². The van der Waals surface area contributed by atoms with Crippen molar-refractivity contribution in [3.8, 4) is 0 Å². The summed E-state index contributed by atoms with van der Waals surface area (Å²) in [6.45, 7) is 0.170. The van der Waals surface area contributed by atoms with Gasteiger partial charge in [0.25, 0.3) is 5.56 Å². The van der Waals surface area contributed by atoms with Crippen molar-refractivity contribution >= 4 is 22.5 Å². The fraction of sp³-hybridized carbons (Fsp3) is 0.214. The predicted octanol–water partition coefficient (Wildman–Crippen LogP) is 1.52. The van der Waals surface area contributed by atoms with Crippen molar-refractivity contribution in [1.82, 2.24) is 19.6 Å². The molecule has 2 aromatic heterocycles. The zero-order valence-electron chi connectivity index (χ0n) is 11.3. The third-order valence-electron chi connectivity index (χ3n) is 3.31. The normalized spacial score (nSPS) is 12.7. The molecule has 6 nitrogen and oxygen atoms in total. The van der Waals surface area contributed by atoms with E-state index in [0.29, 0.717) is 21.5 Å². The standard InChI is InChI=1S/C14H13ClN4O2/c1-18-14(21)13-10(6-16-18)7-17-19(13)8-12(20)9-3-2-4-11(15)5-9/h2-7,12,20H,8H2,1H3/t12-/m1/s1. The summed E-state index contributed by atoms with van der Waals surface area (Å²) in [6, 6.07) is 6.98. The topological polar surface area (TPSA) is 72.9 Å². The van der Waals surface area contributed by atoms with E-state index < -0.39 is 6.10 Å². The molecule has 0 saturated carbocycles. The Balaban J connectivity index is 1.99. The third kappa shape index (κ3) is 2.55. The van der Waals surface area contributed by atoms with Crippen molar-refractivity contribution < 1.29 is 5.11 Å². The van der Waals surface area contributed by atoms with E-state index in [1.54, 1.807) is 43.7 Å². The Hall–Kier alpha value is -2.18. The third-order valence-corrected chi connectivity index (χ3v) is 3.55. The number of aliphatic hydroxyl groups is 1. The summed E-state index contributed by atoms with van der Waals surface area (Å²) in [5.74, 6) is 0. The molecule has 7 heteroatoms. The van der Waals surface area contributed by atoms with Gasteiger partial charge in [0.2, 0.25) is 0 Å². The number of hydrogen-bond donors (Lipinski definition) is 1. The van der Waals surface area contributed by atoms with Crippen LogP contribution in [-0.4, -0.2) is 24.7 Å². The average molecular weight is 305 g/mol. The Labute approximate surface area is 125 Å². The number of fused-ring (bicyclic) bond motifs is 1. The minimum absolute atomic E-state index is 0.170. The molecule has 3 aromatic rings. The summed E-state index contributed by atoms with van der Waals surface area (Å²) >= 11 is 5.92. The molecule has 3 rings (SSSR count). The second-order valence-corrected chi connectivity index (χ2v) is 5.21. The molecule has 0 spiro atoms. The molecule has 1 atom stereocenters. The molecule has 1 N–H and O–H groups in total. The first-order valence-corrected chi connectivity index (χ1v) is 6.75. The monoisotopic (exact) mass is 304 g/mol. The first-order valence-electron chi connectivity index (χ1n) is 6.37. The number of nitrogens with zero attached hydrogens (tertiary/aromatic N) is 4.